The Kier molecular flexibility index (Phi) is 8.57. The van der Waals surface area contributed by atoms with Gasteiger partial charge < -0.3 is 19.5 Å². The summed E-state index contributed by atoms with van der Waals surface area (Å²) in [6, 6.07) is 22.8. The Bertz CT molecular complexity index is 1590. The van der Waals surface area contributed by atoms with Crippen LogP contribution in [0.3, 0.4) is 0 Å². The molecule has 0 aliphatic rings. The van der Waals surface area contributed by atoms with Crippen LogP contribution in [0.1, 0.15) is 16.7 Å². The number of nitrogens with one attached hydrogen (secondary N) is 1. The monoisotopic (exact) mass is 590 g/mol. The van der Waals surface area contributed by atoms with Gasteiger partial charge in [0.25, 0.3) is 5.91 Å². The average molecular weight is 592 g/mol. The summed E-state index contributed by atoms with van der Waals surface area (Å²) >= 11 is 9.63. The number of aryl methyl sites for hydroxylation is 1. The molecule has 38 heavy (non-hydrogen) atoms. The smallest absolute Gasteiger partial charge is 0.266 e. The predicted molar refractivity (Wildman–Crippen MR) is 154 cm³/mol. The molecule has 4 rings (SSSR count). The summed E-state index contributed by atoms with van der Waals surface area (Å²) in [5.74, 6) is 0.605. The van der Waals surface area contributed by atoms with Gasteiger partial charge in [-0.3, -0.25) is 4.79 Å². The van der Waals surface area contributed by atoms with Crippen molar-refractivity contribution in [1.29, 1.82) is 5.26 Å². The van der Waals surface area contributed by atoms with Crippen molar-refractivity contribution in [2.75, 3.05) is 19.5 Å². The topological polar surface area (TPSA) is 80.6 Å². The van der Waals surface area contributed by atoms with Gasteiger partial charge in [-0.2, -0.15) is 5.26 Å². The Morgan fingerprint density at radius 2 is 1.79 bits per heavy atom. The van der Waals surface area contributed by atoms with Gasteiger partial charge in [0, 0.05) is 27.7 Å². The number of carbonyl (C=O) groups is 1. The highest BCUT2D eigenvalue weighted by molar-refractivity contribution is 9.10. The molecule has 0 saturated heterocycles. The molecule has 0 saturated carbocycles. The number of nitrogens with zero attached hydrogens (tertiary/aromatic N) is 1. The van der Waals surface area contributed by atoms with Crippen molar-refractivity contribution in [1.82, 2.24) is 0 Å². The summed E-state index contributed by atoms with van der Waals surface area (Å²) in [4.78, 5) is 13.1. The van der Waals surface area contributed by atoms with Crippen molar-refractivity contribution in [3.05, 3.63) is 98.5 Å². The van der Waals surface area contributed by atoms with Gasteiger partial charge in [0.15, 0.2) is 0 Å². The van der Waals surface area contributed by atoms with E-state index in [-0.39, 0.29) is 5.57 Å². The Labute approximate surface area is 234 Å². The number of amides is 1. The van der Waals surface area contributed by atoms with Gasteiger partial charge in [-0.15, -0.1) is 0 Å². The number of anilines is 1. The van der Waals surface area contributed by atoms with Gasteiger partial charge in [0.1, 0.15) is 35.5 Å². The van der Waals surface area contributed by atoms with Gasteiger partial charge in [-0.1, -0.05) is 63.9 Å². The molecule has 4 aromatic carbocycles. The van der Waals surface area contributed by atoms with Crippen LogP contribution in [0.15, 0.2) is 76.8 Å². The molecule has 6 nitrogen and oxygen atoms in total. The minimum Gasteiger partial charge on any atom is -0.495 e. The maximum absolute atomic E-state index is 13.1. The van der Waals surface area contributed by atoms with Crippen LogP contribution in [0.2, 0.25) is 5.02 Å². The maximum atomic E-state index is 13.1. The summed E-state index contributed by atoms with van der Waals surface area (Å²) in [5.41, 5.74) is 2.96. The molecule has 0 unspecified atom stereocenters. The number of benzene rings is 4. The second kappa shape index (κ2) is 12.0. The van der Waals surface area contributed by atoms with Crippen molar-refractivity contribution in [2.24, 2.45) is 0 Å². The third kappa shape index (κ3) is 5.94. The molecule has 1 N–H and O–H groups in total. The Hall–Kier alpha value is -3.99. The summed E-state index contributed by atoms with van der Waals surface area (Å²) in [7, 11) is 2.92. The Balaban J connectivity index is 1.64. The van der Waals surface area contributed by atoms with Crippen LogP contribution in [-0.2, 0) is 11.4 Å². The molecule has 0 radical (unpaired) electrons. The van der Waals surface area contributed by atoms with Crippen LogP contribution in [0, 0.1) is 18.3 Å². The molecule has 0 heterocycles. The van der Waals surface area contributed by atoms with Gasteiger partial charge in [-0.25, -0.2) is 0 Å². The number of rotatable bonds is 8. The minimum absolute atomic E-state index is 0.120. The fourth-order valence-corrected chi connectivity index (χ4v) is 4.61. The Morgan fingerprint density at radius 3 is 2.53 bits per heavy atom. The van der Waals surface area contributed by atoms with Crippen LogP contribution in [0.4, 0.5) is 5.69 Å². The van der Waals surface area contributed by atoms with E-state index in [1.54, 1.807) is 12.1 Å². The molecule has 4 aromatic rings. The fraction of sp³-hybridized carbons (Fsp3) is 0.133. The van der Waals surface area contributed by atoms with Gasteiger partial charge in [-0.05, 0) is 47.5 Å². The molecule has 8 heteroatoms. The summed E-state index contributed by atoms with van der Waals surface area (Å²) in [5, 5.41) is 15.1. The number of methoxy groups -OCH3 is 2. The number of nitriles is 1. The molecule has 0 aliphatic heterocycles. The van der Waals surface area contributed by atoms with E-state index in [2.05, 4.69) is 45.5 Å². The lowest BCUT2D eigenvalue weighted by Gasteiger charge is -2.15. The van der Waals surface area contributed by atoms with Crippen LogP contribution in [-0.4, -0.2) is 20.1 Å². The molecule has 0 aliphatic carbocycles. The molecule has 192 valence electrons. The molecule has 1 amide bonds. The maximum Gasteiger partial charge on any atom is 0.266 e. The van der Waals surface area contributed by atoms with Crippen molar-refractivity contribution >= 4 is 56.0 Å². The van der Waals surface area contributed by atoms with Crippen molar-refractivity contribution in [3.8, 4) is 23.3 Å². The summed E-state index contributed by atoms with van der Waals surface area (Å²) in [6.07, 6.45) is 1.49. The van der Waals surface area contributed by atoms with E-state index < -0.39 is 5.91 Å². The SMILES string of the molecule is COc1cc(NC(=O)/C(C#N)=C/c2cc(Br)ccc2OCc2c(C)ccc3ccccc23)c(OC)cc1Cl. The van der Waals surface area contributed by atoms with Crippen molar-refractivity contribution in [2.45, 2.75) is 13.5 Å². The second-order valence-corrected chi connectivity index (χ2v) is 9.69. The number of hydrogen-bond donors (Lipinski definition) is 1. The highest BCUT2D eigenvalue weighted by atomic mass is 79.9. The third-order valence-corrected chi connectivity index (χ3v) is 6.79. The van der Waals surface area contributed by atoms with Crippen LogP contribution in [0.25, 0.3) is 16.8 Å². The quantitative estimate of drug-likeness (QED) is 0.168. The van der Waals surface area contributed by atoms with Crippen LogP contribution < -0.4 is 19.5 Å². The molecule has 0 aromatic heterocycles. The first-order valence-electron chi connectivity index (χ1n) is 11.6. The lowest BCUT2D eigenvalue weighted by molar-refractivity contribution is -0.112. The fourth-order valence-electron chi connectivity index (χ4n) is 4.00. The highest BCUT2D eigenvalue weighted by Gasteiger charge is 2.17. The highest BCUT2D eigenvalue weighted by Crippen LogP contribution is 2.36. The summed E-state index contributed by atoms with van der Waals surface area (Å²) in [6.45, 7) is 2.37. The standard InChI is InChI=1S/C30H24BrClN2O4/c1-18-8-9-19-6-4-5-7-23(19)24(18)17-38-27-11-10-22(31)13-20(27)12-21(16-33)30(35)34-26-15-28(36-2)25(32)14-29(26)37-3/h4-15H,17H2,1-3H3,(H,34,35)/b21-12+. The van der Waals surface area contributed by atoms with E-state index in [0.29, 0.717) is 40.1 Å². The number of ether oxygens (including phenoxy) is 3. The zero-order chi connectivity index (χ0) is 27.2. The van der Waals surface area contributed by atoms with E-state index >= 15 is 0 Å². The second-order valence-electron chi connectivity index (χ2n) is 8.36. The first-order valence-corrected chi connectivity index (χ1v) is 12.8. The molecular weight excluding hydrogens is 568 g/mol. The number of halogens is 2. The van der Waals surface area contributed by atoms with Gasteiger partial charge in [0.2, 0.25) is 0 Å². The average Bonchev–Trinajstić information content (AvgIpc) is 2.92. The number of hydrogen-bond acceptors (Lipinski definition) is 5. The molecule has 0 atom stereocenters. The van der Waals surface area contributed by atoms with E-state index in [9.17, 15) is 10.1 Å². The molecule has 0 spiro atoms. The normalized spacial score (nSPS) is 11.1. The van der Waals surface area contributed by atoms with E-state index in [1.807, 2.05) is 31.2 Å². The molecule has 0 bridgehead atoms. The lowest BCUT2D eigenvalue weighted by atomic mass is 10.0. The predicted octanol–water partition coefficient (Wildman–Crippen LogP) is 7.71. The van der Waals surface area contributed by atoms with Gasteiger partial charge >= 0.3 is 0 Å². The summed E-state index contributed by atoms with van der Waals surface area (Å²) < 4.78 is 17.6. The van der Waals surface area contributed by atoms with Gasteiger partial charge in [0.05, 0.1) is 24.9 Å². The molecular formula is C30H24BrClN2O4. The first-order chi connectivity index (χ1) is 18.3. The zero-order valence-corrected chi connectivity index (χ0v) is 23.3. The van der Waals surface area contributed by atoms with E-state index in [0.717, 1.165) is 26.4 Å². The Morgan fingerprint density at radius 1 is 1.03 bits per heavy atom. The molecule has 0 fully saturated rings. The first kappa shape index (κ1) is 27.1. The van der Waals surface area contributed by atoms with Crippen molar-refractivity contribution < 1.29 is 19.0 Å². The number of fused-ring (bicyclic) bond motifs is 1. The minimum atomic E-state index is -0.619. The van der Waals surface area contributed by atoms with Crippen LogP contribution in [0.5, 0.6) is 17.2 Å². The lowest BCUT2D eigenvalue weighted by Crippen LogP contribution is -2.14. The van der Waals surface area contributed by atoms with E-state index in [4.69, 9.17) is 25.8 Å². The third-order valence-electron chi connectivity index (χ3n) is 6.01. The largest absolute Gasteiger partial charge is 0.495 e. The van der Waals surface area contributed by atoms with Crippen LogP contribution >= 0.6 is 27.5 Å². The van der Waals surface area contributed by atoms with Crippen molar-refractivity contribution in [3.63, 3.8) is 0 Å². The van der Waals surface area contributed by atoms with E-state index in [1.165, 1.54) is 32.4 Å². The zero-order valence-electron chi connectivity index (χ0n) is 21.0. The number of carbonyl (C=O) groups excluding carboxylic acids is 1.